The number of hydrogen-bond acceptors (Lipinski definition) is 4. The lowest BCUT2D eigenvalue weighted by molar-refractivity contribution is -0.121. The van der Waals surface area contributed by atoms with Gasteiger partial charge in [0.05, 0.1) is 6.61 Å². The first-order valence-electron chi connectivity index (χ1n) is 8.17. The molecule has 1 aliphatic heterocycles. The summed E-state index contributed by atoms with van der Waals surface area (Å²) in [6.07, 6.45) is 4.12. The van der Waals surface area contributed by atoms with Crippen molar-refractivity contribution in [2.24, 2.45) is 5.92 Å². The summed E-state index contributed by atoms with van der Waals surface area (Å²) in [6, 6.07) is 0.505. The topological polar surface area (TPSA) is 44.8 Å². The van der Waals surface area contributed by atoms with Crippen molar-refractivity contribution in [3.63, 3.8) is 0 Å². The molecule has 0 unspecified atom stereocenters. The fourth-order valence-electron chi connectivity index (χ4n) is 2.87. The van der Waals surface area contributed by atoms with E-state index < -0.39 is 0 Å². The molecular weight excluding hydrogens is 266 g/mol. The molecule has 1 heterocycles. The van der Waals surface area contributed by atoms with Gasteiger partial charge >= 0.3 is 0 Å². The van der Waals surface area contributed by atoms with Gasteiger partial charge in [0.2, 0.25) is 5.91 Å². The van der Waals surface area contributed by atoms with Crippen LogP contribution < -0.4 is 5.32 Å². The molecule has 0 radical (unpaired) electrons. The summed E-state index contributed by atoms with van der Waals surface area (Å²) in [6.45, 7) is 6.95. The van der Waals surface area contributed by atoms with Crippen LogP contribution in [-0.2, 0) is 9.53 Å². The van der Waals surface area contributed by atoms with Crippen molar-refractivity contribution >= 4 is 5.91 Å². The zero-order valence-corrected chi connectivity index (χ0v) is 14.2. The molecule has 5 nitrogen and oxygen atoms in total. The Morgan fingerprint density at radius 2 is 2.05 bits per heavy atom. The highest BCUT2D eigenvalue weighted by molar-refractivity contribution is 5.75. The van der Waals surface area contributed by atoms with Crippen LogP contribution in [0.4, 0.5) is 0 Å². The number of hydrogen-bond donors (Lipinski definition) is 1. The van der Waals surface area contributed by atoms with Crippen molar-refractivity contribution in [3.05, 3.63) is 0 Å². The van der Waals surface area contributed by atoms with Crippen LogP contribution in [0.25, 0.3) is 0 Å². The highest BCUT2D eigenvalue weighted by atomic mass is 16.5. The highest BCUT2D eigenvalue weighted by Crippen LogP contribution is 2.23. The summed E-state index contributed by atoms with van der Waals surface area (Å²) < 4.78 is 5.22. The van der Waals surface area contributed by atoms with Crippen LogP contribution in [0.1, 0.15) is 32.6 Å². The minimum absolute atomic E-state index is 0.201. The minimum atomic E-state index is 0.201. The van der Waals surface area contributed by atoms with Gasteiger partial charge in [0.15, 0.2) is 0 Å². The largest absolute Gasteiger partial charge is 0.383 e. The van der Waals surface area contributed by atoms with Crippen molar-refractivity contribution in [1.82, 2.24) is 15.1 Å². The lowest BCUT2D eigenvalue weighted by Crippen LogP contribution is -2.42. The zero-order valence-electron chi connectivity index (χ0n) is 14.2. The lowest BCUT2D eigenvalue weighted by Gasteiger charge is -2.35. The Labute approximate surface area is 130 Å². The first-order chi connectivity index (χ1) is 10.0. The minimum Gasteiger partial charge on any atom is -0.383 e. The van der Waals surface area contributed by atoms with E-state index in [1.807, 2.05) is 14.1 Å². The standard InChI is InChI=1S/C16H33N3O2/c1-14(13-21-4)19-10-7-15(8-11-19)5-6-16(20)17-9-12-18(2)3/h14-15H,5-13H2,1-4H3,(H,17,20)/t14-/m1/s1. The van der Waals surface area contributed by atoms with Crippen molar-refractivity contribution in [2.75, 3.05) is 54.0 Å². The Balaban J connectivity index is 2.11. The average Bonchev–Trinajstić information content (AvgIpc) is 2.45. The third-order valence-electron chi connectivity index (χ3n) is 4.34. The number of likely N-dealkylation sites (tertiary alicyclic amines) is 1. The average molecular weight is 299 g/mol. The third-order valence-corrected chi connectivity index (χ3v) is 4.34. The summed E-state index contributed by atoms with van der Waals surface area (Å²) in [5.41, 5.74) is 0. The summed E-state index contributed by atoms with van der Waals surface area (Å²) in [7, 11) is 5.80. The van der Waals surface area contributed by atoms with E-state index in [1.54, 1.807) is 7.11 Å². The lowest BCUT2D eigenvalue weighted by atomic mass is 9.91. The van der Waals surface area contributed by atoms with Crippen LogP contribution in [-0.4, -0.2) is 75.7 Å². The number of ether oxygens (including phenoxy) is 1. The van der Waals surface area contributed by atoms with Crippen LogP contribution in [0.15, 0.2) is 0 Å². The number of nitrogens with zero attached hydrogens (tertiary/aromatic N) is 2. The van der Waals surface area contributed by atoms with E-state index in [9.17, 15) is 4.79 Å². The Morgan fingerprint density at radius 1 is 1.38 bits per heavy atom. The van der Waals surface area contributed by atoms with E-state index >= 15 is 0 Å². The summed E-state index contributed by atoms with van der Waals surface area (Å²) in [5, 5.41) is 2.99. The van der Waals surface area contributed by atoms with Gasteiger partial charge in [-0.3, -0.25) is 9.69 Å². The second kappa shape index (κ2) is 10.1. The first kappa shape index (κ1) is 18.4. The second-order valence-corrected chi connectivity index (χ2v) is 6.48. The molecule has 21 heavy (non-hydrogen) atoms. The van der Waals surface area contributed by atoms with E-state index in [4.69, 9.17) is 4.74 Å². The molecule has 0 spiro atoms. The number of carbonyl (C=O) groups is 1. The van der Waals surface area contributed by atoms with E-state index in [-0.39, 0.29) is 5.91 Å². The van der Waals surface area contributed by atoms with Crippen LogP contribution in [0.3, 0.4) is 0 Å². The van der Waals surface area contributed by atoms with Gasteiger partial charge in [0.25, 0.3) is 0 Å². The van der Waals surface area contributed by atoms with Gasteiger partial charge in [-0.25, -0.2) is 0 Å². The monoisotopic (exact) mass is 299 g/mol. The number of rotatable bonds is 9. The predicted octanol–water partition coefficient (Wildman–Crippen LogP) is 1.19. The molecule has 1 amide bonds. The molecule has 5 heteroatoms. The molecule has 1 fully saturated rings. The van der Waals surface area contributed by atoms with E-state index in [0.29, 0.717) is 18.4 Å². The van der Waals surface area contributed by atoms with E-state index in [0.717, 1.165) is 39.2 Å². The van der Waals surface area contributed by atoms with Gasteiger partial charge in [-0.2, -0.15) is 0 Å². The van der Waals surface area contributed by atoms with E-state index in [2.05, 4.69) is 22.0 Å². The molecule has 0 aromatic heterocycles. The second-order valence-electron chi connectivity index (χ2n) is 6.48. The van der Waals surface area contributed by atoms with Crippen LogP contribution >= 0.6 is 0 Å². The SMILES string of the molecule is COC[C@@H](C)N1CCC(CCC(=O)NCCN(C)C)CC1. The Hall–Kier alpha value is -0.650. The smallest absolute Gasteiger partial charge is 0.220 e. The molecule has 1 aliphatic rings. The molecule has 0 bridgehead atoms. The number of methoxy groups -OCH3 is 1. The quantitative estimate of drug-likeness (QED) is 0.695. The Bertz CT molecular complexity index is 289. The van der Waals surface area contributed by atoms with Crippen molar-refractivity contribution in [1.29, 1.82) is 0 Å². The predicted molar refractivity (Wildman–Crippen MR) is 86.4 cm³/mol. The number of carbonyl (C=O) groups excluding carboxylic acids is 1. The molecule has 0 saturated carbocycles. The van der Waals surface area contributed by atoms with Crippen LogP contribution in [0, 0.1) is 5.92 Å². The fraction of sp³-hybridized carbons (Fsp3) is 0.938. The molecular formula is C16H33N3O2. The maximum Gasteiger partial charge on any atom is 0.220 e. The van der Waals surface area contributed by atoms with Gasteiger partial charge in [-0.15, -0.1) is 0 Å². The number of likely N-dealkylation sites (N-methyl/N-ethyl adjacent to an activating group) is 1. The van der Waals surface area contributed by atoms with Gasteiger partial charge in [0, 0.05) is 32.7 Å². The van der Waals surface area contributed by atoms with Crippen molar-refractivity contribution in [2.45, 2.75) is 38.6 Å². The van der Waals surface area contributed by atoms with Gasteiger partial charge in [-0.1, -0.05) is 0 Å². The molecule has 124 valence electrons. The Kier molecular flexibility index (Phi) is 8.88. The molecule has 0 aromatic carbocycles. The number of amides is 1. The summed E-state index contributed by atoms with van der Waals surface area (Å²) >= 11 is 0. The normalized spacial score (nSPS) is 18.9. The van der Waals surface area contributed by atoms with Crippen LogP contribution in [0.5, 0.6) is 0 Å². The molecule has 1 rings (SSSR count). The van der Waals surface area contributed by atoms with Crippen molar-refractivity contribution in [3.8, 4) is 0 Å². The molecule has 0 aromatic rings. The molecule has 1 atom stereocenters. The van der Waals surface area contributed by atoms with E-state index in [1.165, 1.54) is 12.8 Å². The van der Waals surface area contributed by atoms with Gasteiger partial charge in [-0.05, 0) is 59.3 Å². The molecule has 1 saturated heterocycles. The third kappa shape index (κ3) is 7.79. The summed E-state index contributed by atoms with van der Waals surface area (Å²) in [4.78, 5) is 16.3. The number of piperidine rings is 1. The maximum atomic E-state index is 11.8. The molecule has 1 N–H and O–H groups in total. The molecule has 0 aliphatic carbocycles. The first-order valence-corrected chi connectivity index (χ1v) is 8.17. The summed E-state index contributed by atoms with van der Waals surface area (Å²) in [5.74, 6) is 0.905. The van der Waals surface area contributed by atoms with Gasteiger partial charge in [0.1, 0.15) is 0 Å². The number of nitrogens with one attached hydrogen (secondary N) is 1. The highest BCUT2D eigenvalue weighted by Gasteiger charge is 2.22. The van der Waals surface area contributed by atoms with Crippen LogP contribution in [0.2, 0.25) is 0 Å². The fourth-order valence-corrected chi connectivity index (χ4v) is 2.87. The zero-order chi connectivity index (χ0) is 15.7. The van der Waals surface area contributed by atoms with Crippen molar-refractivity contribution < 1.29 is 9.53 Å². The maximum absolute atomic E-state index is 11.8. The van der Waals surface area contributed by atoms with Gasteiger partial charge < -0.3 is 15.0 Å². The Morgan fingerprint density at radius 3 is 2.62 bits per heavy atom.